The average Bonchev–Trinajstić information content (AvgIpc) is 2.91. The molecule has 0 bridgehead atoms. The second-order valence-electron chi connectivity index (χ2n) is 9.94. The lowest BCUT2D eigenvalue weighted by atomic mass is 9.57. The Hall–Kier alpha value is -1.28. The summed E-state index contributed by atoms with van der Waals surface area (Å²) < 4.78 is 63.5. The Balaban J connectivity index is 2.00. The minimum atomic E-state index is -4.39. The Bertz CT molecular complexity index is 760. The van der Waals surface area contributed by atoms with Crippen molar-refractivity contribution in [3.8, 4) is 0 Å². The zero-order valence-corrected chi connectivity index (χ0v) is 18.8. The van der Waals surface area contributed by atoms with Gasteiger partial charge in [0.25, 0.3) is 0 Å². The summed E-state index contributed by atoms with van der Waals surface area (Å²) in [5.74, 6) is 0. The van der Waals surface area contributed by atoms with Gasteiger partial charge in [-0.05, 0) is 78.5 Å². The van der Waals surface area contributed by atoms with Crippen LogP contribution in [-0.4, -0.2) is 36.6 Å². The summed E-state index contributed by atoms with van der Waals surface area (Å²) in [7, 11) is -1.51. The summed E-state index contributed by atoms with van der Waals surface area (Å²) >= 11 is 0. The van der Waals surface area contributed by atoms with Crippen LogP contribution >= 0.6 is 0 Å². The largest absolute Gasteiger partial charge is 0.486 e. The number of halogens is 3. The van der Waals surface area contributed by atoms with E-state index in [0.29, 0.717) is 10.9 Å². The van der Waals surface area contributed by atoms with Crippen LogP contribution in [0.1, 0.15) is 66.5 Å². The van der Waals surface area contributed by atoms with Crippen molar-refractivity contribution in [1.82, 2.24) is 0 Å². The Labute approximate surface area is 177 Å². The third kappa shape index (κ3) is 4.22. The molecule has 0 aromatic heterocycles. The van der Waals surface area contributed by atoms with E-state index in [1.54, 1.807) is 6.08 Å². The van der Waals surface area contributed by atoms with Crippen LogP contribution in [0.15, 0.2) is 29.6 Å². The highest BCUT2D eigenvalue weighted by atomic mass is 19.4. The Morgan fingerprint density at radius 1 is 0.700 bits per heavy atom. The third-order valence-corrected chi connectivity index (χ3v) is 6.62. The Morgan fingerprint density at radius 3 is 1.33 bits per heavy atom. The van der Waals surface area contributed by atoms with E-state index < -0.39 is 48.4 Å². The minimum Gasteiger partial charge on any atom is -0.400 e. The quantitative estimate of drug-likeness (QED) is 0.614. The average molecular weight is 424 g/mol. The predicted molar refractivity (Wildman–Crippen MR) is 112 cm³/mol. The predicted octanol–water partition coefficient (Wildman–Crippen LogP) is 5.35. The fourth-order valence-corrected chi connectivity index (χ4v) is 3.17. The van der Waals surface area contributed by atoms with Crippen LogP contribution in [0.25, 0.3) is 6.08 Å². The molecule has 30 heavy (non-hydrogen) atoms. The van der Waals surface area contributed by atoms with E-state index in [2.05, 4.69) is 0 Å². The van der Waals surface area contributed by atoms with Gasteiger partial charge >= 0.3 is 20.4 Å². The second kappa shape index (κ2) is 7.12. The van der Waals surface area contributed by atoms with E-state index >= 15 is 0 Å². The first-order valence-electron chi connectivity index (χ1n) is 10.1. The Kier molecular flexibility index (Phi) is 5.55. The Morgan fingerprint density at radius 2 is 1.03 bits per heavy atom. The van der Waals surface area contributed by atoms with E-state index in [1.807, 2.05) is 55.4 Å². The van der Waals surface area contributed by atoms with E-state index in [4.69, 9.17) is 18.6 Å². The van der Waals surface area contributed by atoms with Gasteiger partial charge < -0.3 is 18.6 Å². The van der Waals surface area contributed by atoms with Crippen molar-refractivity contribution in [2.75, 3.05) is 0 Å². The summed E-state index contributed by atoms with van der Waals surface area (Å²) in [4.78, 5) is 0. The van der Waals surface area contributed by atoms with Gasteiger partial charge in [0.2, 0.25) is 0 Å². The molecule has 1 aromatic rings. The maximum atomic E-state index is 12.9. The zero-order chi connectivity index (χ0) is 22.8. The second-order valence-corrected chi connectivity index (χ2v) is 9.94. The van der Waals surface area contributed by atoms with E-state index in [0.717, 1.165) is 12.1 Å². The molecular formula is C21H29B2F3O4. The first-order valence-corrected chi connectivity index (χ1v) is 10.1. The maximum Gasteiger partial charge on any atom is 0.486 e. The van der Waals surface area contributed by atoms with Crippen LogP contribution < -0.4 is 0 Å². The van der Waals surface area contributed by atoms with Crippen molar-refractivity contribution in [1.29, 1.82) is 0 Å². The molecule has 2 aliphatic rings. The van der Waals surface area contributed by atoms with Gasteiger partial charge in [0.15, 0.2) is 0 Å². The molecule has 0 atom stereocenters. The van der Waals surface area contributed by atoms with Crippen molar-refractivity contribution >= 4 is 20.3 Å². The number of alkyl halides is 3. The highest BCUT2D eigenvalue weighted by molar-refractivity contribution is 6.79. The van der Waals surface area contributed by atoms with Crippen LogP contribution in [0.4, 0.5) is 13.2 Å². The molecule has 1 aromatic carbocycles. The minimum absolute atomic E-state index is 0.572. The van der Waals surface area contributed by atoms with Gasteiger partial charge in [-0.2, -0.15) is 13.2 Å². The lowest BCUT2D eigenvalue weighted by Crippen LogP contribution is -2.41. The standard InChI is InChI=1S/C21H29B2F3O4/c1-17(2)18(3,4)28-22(27-17)16(23-29-19(5,6)20(7,8)30-23)13-14-9-11-15(12-10-14)21(24,25)26/h9-13H,1-8H3. The van der Waals surface area contributed by atoms with Gasteiger partial charge in [0.1, 0.15) is 0 Å². The zero-order valence-electron chi connectivity index (χ0n) is 18.8. The van der Waals surface area contributed by atoms with Crippen molar-refractivity contribution in [3.63, 3.8) is 0 Å². The summed E-state index contributed by atoms with van der Waals surface area (Å²) in [5, 5.41) is 0.576. The summed E-state index contributed by atoms with van der Waals surface area (Å²) in [6, 6.07) is 4.94. The van der Waals surface area contributed by atoms with Gasteiger partial charge in [-0.3, -0.25) is 0 Å². The molecular weight excluding hydrogens is 395 g/mol. The number of benzene rings is 1. The van der Waals surface area contributed by atoms with Gasteiger partial charge in [-0.15, -0.1) is 0 Å². The fraction of sp³-hybridized carbons (Fsp3) is 0.619. The molecule has 0 saturated carbocycles. The van der Waals surface area contributed by atoms with Crippen LogP contribution in [-0.2, 0) is 24.8 Å². The summed E-state index contributed by atoms with van der Waals surface area (Å²) in [6.07, 6.45) is -2.66. The molecule has 164 valence electrons. The molecule has 0 amide bonds. The highest BCUT2D eigenvalue weighted by Gasteiger charge is 2.59. The molecule has 3 rings (SSSR count). The molecule has 2 aliphatic heterocycles. The number of rotatable bonds is 3. The maximum absolute atomic E-state index is 12.9. The SMILES string of the molecule is CC1(C)OB(C(=Cc2ccc(C(F)(F)F)cc2)B2OC(C)(C)C(C)(C)O2)OC1(C)C. The normalized spacial score (nSPS) is 24.2. The molecule has 2 saturated heterocycles. The van der Waals surface area contributed by atoms with Crippen LogP contribution in [0.3, 0.4) is 0 Å². The molecule has 4 nitrogen and oxygen atoms in total. The van der Waals surface area contributed by atoms with Crippen molar-refractivity contribution < 1.29 is 31.8 Å². The molecule has 2 fully saturated rings. The van der Waals surface area contributed by atoms with Crippen molar-refractivity contribution in [2.45, 2.75) is 84.0 Å². The van der Waals surface area contributed by atoms with E-state index in [-0.39, 0.29) is 0 Å². The fourth-order valence-electron chi connectivity index (χ4n) is 3.17. The van der Waals surface area contributed by atoms with Crippen LogP contribution in [0.5, 0.6) is 0 Å². The van der Waals surface area contributed by atoms with Gasteiger partial charge in [-0.1, -0.05) is 18.2 Å². The lowest BCUT2D eigenvalue weighted by molar-refractivity contribution is -0.137. The first kappa shape index (κ1) is 23.4. The molecule has 0 N–H and O–H groups in total. The molecule has 9 heteroatoms. The van der Waals surface area contributed by atoms with E-state index in [9.17, 15) is 13.2 Å². The highest BCUT2D eigenvalue weighted by Crippen LogP contribution is 2.43. The number of hydrogen-bond donors (Lipinski definition) is 0. The van der Waals surface area contributed by atoms with Crippen molar-refractivity contribution in [3.05, 3.63) is 40.8 Å². The number of hydrogen-bond acceptors (Lipinski definition) is 4. The van der Waals surface area contributed by atoms with E-state index in [1.165, 1.54) is 12.1 Å². The van der Waals surface area contributed by atoms with Crippen LogP contribution in [0.2, 0.25) is 0 Å². The lowest BCUT2D eigenvalue weighted by Gasteiger charge is -2.32. The molecule has 0 spiro atoms. The van der Waals surface area contributed by atoms with Crippen LogP contribution in [0, 0.1) is 0 Å². The summed E-state index contributed by atoms with van der Waals surface area (Å²) in [6.45, 7) is 15.5. The van der Waals surface area contributed by atoms with Gasteiger partial charge in [0.05, 0.1) is 28.0 Å². The topological polar surface area (TPSA) is 36.9 Å². The van der Waals surface area contributed by atoms with Gasteiger partial charge in [-0.25, -0.2) is 0 Å². The smallest absolute Gasteiger partial charge is 0.400 e. The third-order valence-electron chi connectivity index (χ3n) is 6.62. The molecule has 0 unspecified atom stereocenters. The summed E-state index contributed by atoms with van der Waals surface area (Å²) in [5.41, 5.74) is -2.46. The molecule has 0 radical (unpaired) electrons. The van der Waals surface area contributed by atoms with Gasteiger partial charge in [0, 0.05) is 0 Å². The molecule has 0 aliphatic carbocycles. The monoisotopic (exact) mass is 424 g/mol. The molecule has 2 heterocycles. The van der Waals surface area contributed by atoms with Crippen molar-refractivity contribution in [2.24, 2.45) is 0 Å². The first-order chi connectivity index (χ1) is 13.5.